The van der Waals surface area contributed by atoms with Gasteiger partial charge in [-0.05, 0) is 37.8 Å². The van der Waals surface area contributed by atoms with Gasteiger partial charge in [-0.2, -0.15) is 5.26 Å². The number of benzene rings is 1. The van der Waals surface area contributed by atoms with Crippen molar-refractivity contribution in [1.29, 1.82) is 5.26 Å². The summed E-state index contributed by atoms with van der Waals surface area (Å²) in [6, 6.07) is 9.04. The summed E-state index contributed by atoms with van der Waals surface area (Å²) in [6.45, 7) is 3.92. The maximum Gasteiger partial charge on any atom is 0.227 e. The number of hydrogen-bond donors (Lipinski definition) is 1. The van der Waals surface area contributed by atoms with Crippen molar-refractivity contribution in [1.82, 2.24) is 9.80 Å². The molecule has 1 saturated carbocycles. The molecule has 1 N–H and O–H groups in total. The van der Waals surface area contributed by atoms with Crippen LogP contribution in [0.4, 0.5) is 5.69 Å². The van der Waals surface area contributed by atoms with E-state index in [0.717, 1.165) is 0 Å². The second kappa shape index (κ2) is 8.87. The van der Waals surface area contributed by atoms with Gasteiger partial charge < -0.3 is 15.1 Å². The Balaban J connectivity index is 1.49. The molecule has 2 fully saturated rings. The molecule has 1 saturated heterocycles. The summed E-state index contributed by atoms with van der Waals surface area (Å²) in [6.07, 6.45) is 2.74. The zero-order valence-corrected chi connectivity index (χ0v) is 16.2. The Morgan fingerprint density at radius 3 is 2.14 bits per heavy atom. The predicted molar refractivity (Wildman–Crippen MR) is 104 cm³/mol. The van der Waals surface area contributed by atoms with E-state index in [2.05, 4.69) is 11.4 Å². The Hall–Kier alpha value is -2.88. The van der Waals surface area contributed by atoms with E-state index in [4.69, 9.17) is 5.26 Å². The summed E-state index contributed by atoms with van der Waals surface area (Å²) in [4.78, 5) is 40.4. The first kappa shape index (κ1) is 19.9. The second-order valence-electron chi connectivity index (χ2n) is 7.53. The molecule has 1 heterocycles. The van der Waals surface area contributed by atoms with Crippen LogP contribution in [0.3, 0.4) is 0 Å². The van der Waals surface area contributed by atoms with Gasteiger partial charge in [0.15, 0.2) is 0 Å². The molecule has 28 heavy (non-hydrogen) atoms. The number of carbonyl (C=O) groups excluding carboxylic acids is 3. The van der Waals surface area contributed by atoms with Gasteiger partial charge in [0, 0.05) is 44.9 Å². The second-order valence-corrected chi connectivity index (χ2v) is 7.53. The van der Waals surface area contributed by atoms with Crippen molar-refractivity contribution in [3.63, 3.8) is 0 Å². The fourth-order valence-corrected chi connectivity index (χ4v) is 4.03. The summed E-state index contributed by atoms with van der Waals surface area (Å²) in [5.74, 6) is -0.0539. The maximum atomic E-state index is 12.8. The lowest BCUT2D eigenvalue weighted by Gasteiger charge is -2.37. The third kappa shape index (κ3) is 4.50. The van der Waals surface area contributed by atoms with Gasteiger partial charge in [0.2, 0.25) is 17.7 Å². The fourth-order valence-electron chi connectivity index (χ4n) is 4.03. The van der Waals surface area contributed by atoms with E-state index in [1.165, 1.54) is 0 Å². The molecule has 0 bridgehead atoms. The van der Waals surface area contributed by atoms with Gasteiger partial charge in [0.05, 0.1) is 11.3 Å². The van der Waals surface area contributed by atoms with E-state index in [0.29, 0.717) is 63.1 Å². The van der Waals surface area contributed by atoms with Crippen LogP contribution in [0.5, 0.6) is 0 Å². The minimum absolute atomic E-state index is 0.0423. The number of carbonyl (C=O) groups is 3. The summed E-state index contributed by atoms with van der Waals surface area (Å²) in [5, 5.41) is 12.0. The number of anilines is 1. The van der Waals surface area contributed by atoms with Crippen LogP contribution in [-0.4, -0.2) is 53.7 Å². The first-order chi connectivity index (χ1) is 13.5. The molecule has 1 aliphatic heterocycles. The summed E-state index contributed by atoms with van der Waals surface area (Å²) in [5.41, 5.74) is 0.987. The van der Waals surface area contributed by atoms with E-state index >= 15 is 0 Å². The molecule has 0 spiro atoms. The lowest BCUT2D eigenvalue weighted by molar-refractivity contribution is -0.142. The lowest BCUT2D eigenvalue weighted by Crippen LogP contribution is -2.51. The van der Waals surface area contributed by atoms with E-state index in [1.54, 1.807) is 36.1 Å². The average molecular weight is 382 g/mol. The quantitative estimate of drug-likeness (QED) is 0.865. The van der Waals surface area contributed by atoms with Gasteiger partial charge in [0.25, 0.3) is 0 Å². The van der Waals surface area contributed by atoms with Gasteiger partial charge in [0.1, 0.15) is 6.07 Å². The van der Waals surface area contributed by atoms with Crippen molar-refractivity contribution in [2.24, 2.45) is 11.8 Å². The molecular weight excluding hydrogens is 356 g/mol. The van der Waals surface area contributed by atoms with E-state index in [1.807, 2.05) is 4.90 Å². The maximum absolute atomic E-state index is 12.8. The minimum Gasteiger partial charge on any atom is -0.339 e. The molecule has 1 aromatic rings. The van der Waals surface area contributed by atoms with E-state index < -0.39 is 0 Å². The number of nitrogens with zero attached hydrogens (tertiary/aromatic N) is 3. The van der Waals surface area contributed by atoms with E-state index in [9.17, 15) is 14.4 Å². The molecule has 7 nitrogen and oxygen atoms in total. The van der Waals surface area contributed by atoms with Crippen LogP contribution in [0.15, 0.2) is 24.3 Å². The molecule has 7 heteroatoms. The van der Waals surface area contributed by atoms with Gasteiger partial charge >= 0.3 is 0 Å². The van der Waals surface area contributed by atoms with Crippen molar-refractivity contribution in [3.8, 4) is 6.07 Å². The highest BCUT2D eigenvalue weighted by molar-refractivity contribution is 5.94. The normalized spacial score (nSPS) is 22.3. The number of hydrogen-bond acceptors (Lipinski definition) is 4. The molecule has 3 amide bonds. The molecule has 0 unspecified atom stereocenters. The molecule has 3 rings (SSSR count). The van der Waals surface area contributed by atoms with Gasteiger partial charge in [-0.3, -0.25) is 14.4 Å². The van der Waals surface area contributed by atoms with Crippen LogP contribution in [0.1, 0.15) is 38.2 Å². The van der Waals surface area contributed by atoms with Crippen LogP contribution in [0.25, 0.3) is 0 Å². The Labute approximate surface area is 165 Å². The SMILES string of the molecule is CC(=O)N1CCN(C(=O)C2CCC(C(=O)Nc3ccccc3C#N)CC2)CC1. The van der Waals surface area contributed by atoms with Crippen LogP contribution < -0.4 is 5.32 Å². The Kier molecular flexibility index (Phi) is 6.30. The number of nitrogens with one attached hydrogen (secondary N) is 1. The molecule has 1 aromatic carbocycles. The zero-order valence-electron chi connectivity index (χ0n) is 16.2. The summed E-state index contributed by atoms with van der Waals surface area (Å²) < 4.78 is 0. The summed E-state index contributed by atoms with van der Waals surface area (Å²) in [7, 11) is 0. The van der Waals surface area contributed by atoms with Crippen LogP contribution >= 0.6 is 0 Å². The Bertz CT molecular complexity index is 785. The number of amides is 3. The molecule has 148 valence electrons. The summed E-state index contributed by atoms with van der Waals surface area (Å²) >= 11 is 0. The highest BCUT2D eigenvalue weighted by atomic mass is 16.2. The largest absolute Gasteiger partial charge is 0.339 e. The molecule has 0 aromatic heterocycles. The fraction of sp³-hybridized carbons (Fsp3) is 0.524. The van der Waals surface area contributed by atoms with Crippen molar-refractivity contribution < 1.29 is 14.4 Å². The Morgan fingerprint density at radius 2 is 1.54 bits per heavy atom. The molecule has 1 aliphatic carbocycles. The van der Waals surface area contributed by atoms with Crippen molar-refractivity contribution in [2.75, 3.05) is 31.5 Å². The number of para-hydroxylation sites is 1. The van der Waals surface area contributed by atoms with Crippen molar-refractivity contribution in [3.05, 3.63) is 29.8 Å². The first-order valence-corrected chi connectivity index (χ1v) is 9.84. The lowest BCUT2D eigenvalue weighted by atomic mass is 9.80. The van der Waals surface area contributed by atoms with Gasteiger partial charge in [-0.15, -0.1) is 0 Å². The standard InChI is InChI=1S/C21H26N4O3/c1-15(26)24-10-12-25(13-11-24)21(28)17-8-6-16(7-9-17)20(27)23-19-5-3-2-4-18(19)14-22/h2-5,16-17H,6-13H2,1H3,(H,23,27). The monoisotopic (exact) mass is 382 g/mol. The molecular formula is C21H26N4O3. The third-order valence-electron chi connectivity index (χ3n) is 5.79. The van der Waals surface area contributed by atoms with E-state index in [-0.39, 0.29) is 29.6 Å². The average Bonchev–Trinajstić information content (AvgIpc) is 2.73. The topological polar surface area (TPSA) is 93.5 Å². The van der Waals surface area contributed by atoms with Crippen LogP contribution in [0, 0.1) is 23.2 Å². The molecule has 0 atom stereocenters. The smallest absolute Gasteiger partial charge is 0.227 e. The molecule has 2 aliphatic rings. The molecule has 0 radical (unpaired) electrons. The number of piperazine rings is 1. The Morgan fingerprint density at radius 1 is 0.964 bits per heavy atom. The first-order valence-electron chi connectivity index (χ1n) is 9.84. The van der Waals surface area contributed by atoms with Gasteiger partial charge in [-0.1, -0.05) is 12.1 Å². The van der Waals surface area contributed by atoms with Crippen molar-refractivity contribution >= 4 is 23.4 Å². The van der Waals surface area contributed by atoms with Crippen LogP contribution in [-0.2, 0) is 14.4 Å². The zero-order chi connectivity index (χ0) is 20.1. The highest BCUT2D eigenvalue weighted by Gasteiger charge is 2.33. The minimum atomic E-state index is -0.134. The predicted octanol–water partition coefficient (Wildman–Crippen LogP) is 1.99. The van der Waals surface area contributed by atoms with Crippen molar-refractivity contribution in [2.45, 2.75) is 32.6 Å². The number of nitriles is 1. The third-order valence-corrected chi connectivity index (χ3v) is 5.79. The van der Waals surface area contributed by atoms with Gasteiger partial charge in [-0.25, -0.2) is 0 Å². The highest BCUT2D eigenvalue weighted by Crippen LogP contribution is 2.31. The number of rotatable bonds is 3. The van der Waals surface area contributed by atoms with Crippen LogP contribution in [0.2, 0.25) is 0 Å².